The van der Waals surface area contributed by atoms with Gasteiger partial charge >= 0.3 is 0 Å². The number of likely N-dealkylation sites (N-methyl/N-ethyl adjacent to an activating group) is 1. The number of carbonyl (C=O) groups excluding carboxylic acids is 1. The van der Waals surface area contributed by atoms with Crippen LogP contribution in [0.5, 0.6) is 0 Å². The molecule has 8 nitrogen and oxygen atoms in total. The quantitative estimate of drug-likeness (QED) is 0.580. The Morgan fingerprint density at radius 2 is 1.71 bits per heavy atom. The summed E-state index contributed by atoms with van der Waals surface area (Å²) in [5.41, 5.74) is 2.37. The SMILES string of the molecule is CN1CCN(CCCNC(=O)C2CCN(Cc3nc(-c4ccc(C(C)(C)C)cc4)no3)CC2)CC1. The maximum absolute atomic E-state index is 12.6. The lowest BCUT2D eigenvalue weighted by molar-refractivity contribution is -0.126. The van der Waals surface area contributed by atoms with E-state index < -0.39 is 0 Å². The summed E-state index contributed by atoms with van der Waals surface area (Å²) in [7, 11) is 2.18. The third-order valence-electron chi connectivity index (χ3n) is 7.34. The van der Waals surface area contributed by atoms with E-state index in [1.54, 1.807) is 0 Å². The molecule has 0 radical (unpaired) electrons. The summed E-state index contributed by atoms with van der Waals surface area (Å²) in [6.07, 6.45) is 2.77. The van der Waals surface area contributed by atoms with Gasteiger partial charge in [0.05, 0.1) is 6.54 Å². The molecule has 2 fully saturated rings. The van der Waals surface area contributed by atoms with Gasteiger partial charge in [0.2, 0.25) is 17.6 Å². The summed E-state index contributed by atoms with van der Waals surface area (Å²) < 4.78 is 5.53. The van der Waals surface area contributed by atoms with Crippen LogP contribution in [0, 0.1) is 5.92 Å². The Hall–Kier alpha value is -2.29. The molecule has 1 aromatic heterocycles. The molecule has 3 heterocycles. The van der Waals surface area contributed by atoms with Crippen LogP contribution in [0.25, 0.3) is 11.4 Å². The molecule has 35 heavy (non-hydrogen) atoms. The average molecular weight is 483 g/mol. The van der Waals surface area contributed by atoms with Gasteiger partial charge in [-0.2, -0.15) is 4.98 Å². The number of piperidine rings is 1. The Bertz CT molecular complexity index is 935. The van der Waals surface area contributed by atoms with Crippen molar-refractivity contribution in [2.45, 2.75) is 52.0 Å². The smallest absolute Gasteiger partial charge is 0.241 e. The molecule has 0 bridgehead atoms. The molecular weight excluding hydrogens is 440 g/mol. The van der Waals surface area contributed by atoms with E-state index in [1.165, 1.54) is 5.56 Å². The van der Waals surface area contributed by atoms with Gasteiger partial charge in [0.1, 0.15) is 0 Å². The molecule has 2 saturated heterocycles. The number of rotatable bonds is 8. The second kappa shape index (κ2) is 11.6. The highest BCUT2D eigenvalue weighted by Gasteiger charge is 2.26. The van der Waals surface area contributed by atoms with Crippen LogP contribution >= 0.6 is 0 Å². The average Bonchev–Trinajstić information content (AvgIpc) is 3.31. The van der Waals surface area contributed by atoms with E-state index in [0.717, 1.165) is 77.2 Å². The summed E-state index contributed by atoms with van der Waals surface area (Å²) in [5, 5.41) is 7.35. The number of aromatic nitrogens is 2. The molecule has 1 N–H and O–H groups in total. The van der Waals surface area contributed by atoms with Gasteiger partial charge in [-0.3, -0.25) is 9.69 Å². The molecule has 2 aromatic rings. The zero-order valence-corrected chi connectivity index (χ0v) is 21.9. The minimum Gasteiger partial charge on any atom is -0.356 e. The topological polar surface area (TPSA) is 77.7 Å². The molecular formula is C27H42N6O2. The first-order chi connectivity index (χ1) is 16.8. The highest BCUT2D eigenvalue weighted by molar-refractivity contribution is 5.78. The fourth-order valence-corrected chi connectivity index (χ4v) is 4.83. The van der Waals surface area contributed by atoms with Crippen LogP contribution in [0.15, 0.2) is 28.8 Å². The highest BCUT2D eigenvalue weighted by atomic mass is 16.5. The predicted octanol–water partition coefficient (Wildman–Crippen LogP) is 3.00. The number of hydrogen-bond acceptors (Lipinski definition) is 7. The lowest BCUT2D eigenvalue weighted by atomic mass is 9.87. The zero-order chi connectivity index (χ0) is 24.8. The number of carbonyl (C=O) groups is 1. The molecule has 0 atom stereocenters. The summed E-state index contributed by atoms with van der Waals surface area (Å²) >= 11 is 0. The number of nitrogens with one attached hydrogen (secondary N) is 1. The van der Waals surface area contributed by atoms with Crippen LogP contribution < -0.4 is 5.32 Å². The first kappa shape index (κ1) is 25.8. The van der Waals surface area contributed by atoms with E-state index in [-0.39, 0.29) is 17.2 Å². The van der Waals surface area contributed by atoms with Gasteiger partial charge in [-0.15, -0.1) is 0 Å². The van der Waals surface area contributed by atoms with Crippen LogP contribution in [0.4, 0.5) is 0 Å². The normalized spacial score (nSPS) is 19.2. The molecule has 1 aromatic carbocycles. The van der Waals surface area contributed by atoms with Crippen molar-refractivity contribution >= 4 is 5.91 Å². The van der Waals surface area contributed by atoms with Crippen LogP contribution in [0.2, 0.25) is 0 Å². The van der Waals surface area contributed by atoms with Crippen LogP contribution in [0.1, 0.15) is 51.5 Å². The number of hydrogen-bond donors (Lipinski definition) is 1. The molecule has 2 aliphatic heterocycles. The van der Waals surface area contributed by atoms with Crippen molar-refractivity contribution in [3.05, 3.63) is 35.7 Å². The summed E-state index contributed by atoms with van der Waals surface area (Å²) in [6, 6.07) is 8.39. The molecule has 0 unspecified atom stereocenters. The molecule has 1 amide bonds. The van der Waals surface area contributed by atoms with Gasteiger partial charge in [0, 0.05) is 44.2 Å². The van der Waals surface area contributed by atoms with Gasteiger partial charge in [-0.25, -0.2) is 0 Å². The number of nitrogens with zero attached hydrogens (tertiary/aromatic N) is 5. The molecule has 0 aliphatic carbocycles. The molecule has 4 rings (SSSR count). The lowest BCUT2D eigenvalue weighted by Gasteiger charge is -2.32. The van der Waals surface area contributed by atoms with E-state index in [4.69, 9.17) is 4.52 Å². The van der Waals surface area contributed by atoms with Crippen molar-refractivity contribution in [3.8, 4) is 11.4 Å². The number of likely N-dealkylation sites (tertiary alicyclic amines) is 1. The van der Waals surface area contributed by atoms with Gasteiger partial charge in [0.25, 0.3) is 0 Å². The number of benzene rings is 1. The van der Waals surface area contributed by atoms with Crippen molar-refractivity contribution in [2.75, 3.05) is 59.4 Å². The Kier molecular flexibility index (Phi) is 8.57. The first-order valence-corrected chi connectivity index (χ1v) is 13.1. The van der Waals surface area contributed by atoms with Gasteiger partial charge < -0.3 is 19.6 Å². The summed E-state index contributed by atoms with van der Waals surface area (Å²) in [6.45, 7) is 15.4. The highest BCUT2D eigenvalue weighted by Crippen LogP contribution is 2.25. The molecule has 2 aliphatic rings. The van der Waals surface area contributed by atoms with Gasteiger partial charge in [-0.1, -0.05) is 50.2 Å². The predicted molar refractivity (Wildman–Crippen MR) is 138 cm³/mol. The number of amides is 1. The first-order valence-electron chi connectivity index (χ1n) is 13.1. The fourth-order valence-electron chi connectivity index (χ4n) is 4.83. The maximum atomic E-state index is 12.6. The second-order valence-electron chi connectivity index (χ2n) is 11.2. The van der Waals surface area contributed by atoms with Gasteiger partial charge in [-0.05, 0) is 56.9 Å². The number of piperazine rings is 1. The lowest BCUT2D eigenvalue weighted by Crippen LogP contribution is -2.45. The van der Waals surface area contributed by atoms with Crippen molar-refractivity contribution in [2.24, 2.45) is 5.92 Å². The molecule has 192 valence electrons. The van der Waals surface area contributed by atoms with E-state index in [0.29, 0.717) is 18.3 Å². The minimum atomic E-state index is 0.106. The third kappa shape index (κ3) is 7.35. The Morgan fingerprint density at radius 3 is 2.37 bits per heavy atom. The second-order valence-corrected chi connectivity index (χ2v) is 11.2. The Labute approximate surface area is 210 Å². The van der Waals surface area contributed by atoms with E-state index >= 15 is 0 Å². The van der Waals surface area contributed by atoms with Crippen molar-refractivity contribution < 1.29 is 9.32 Å². The van der Waals surface area contributed by atoms with Crippen LogP contribution in [0.3, 0.4) is 0 Å². The minimum absolute atomic E-state index is 0.106. The maximum Gasteiger partial charge on any atom is 0.241 e. The largest absolute Gasteiger partial charge is 0.356 e. The zero-order valence-electron chi connectivity index (χ0n) is 21.9. The van der Waals surface area contributed by atoms with Crippen molar-refractivity contribution in [1.82, 2.24) is 30.2 Å². The van der Waals surface area contributed by atoms with Crippen molar-refractivity contribution in [3.63, 3.8) is 0 Å². The summed E-state index contributed by atoms with van der Waals surface area (Å²) in [5.74, 6) is 1.58. The molecule has 0 spiro atoms. The standard InChI is InChI=1S/C27H42N6O2/c1-27(2,3)23-8-6-21(7-9-23)25-29-24(35-30-25)20-33-14-10-22(11-15-33)26(34)28-12-5-13-32-18-16-31(4)17-19-32/h6-9,22H,5,10-20H2,1-4H3,(H,28,34). The monoisotopic (exact) mass is 482 g/mol. The Morgan fingerprint density at radius 1 is 1.03 bits per heavy atom. The Balaban J connectivity index is 1.16. The molecule has 0 saturated carbocycles. The summed E-state index contributed by atoms with van der Waals surface area (Å²) in [4.78, 5) is 24.4. The van der Waals surface area contributed by atoms with Crippen LogP contribution in [-0.2, 0) is 16.8 Å². The van der Waals surface area contributed by atoms with E-state index in [1.807, 2.05) is 0 Å². The fraction of sp³-hybridized carbons (Fsp3) is 0.667. The van der Waals surface area contributed by atoms with Crippen molar-refractivity contribution in [1.29, 1.82) is 0 Å². The third-order valence-corrected chi connectivity index (χ3v) is 7.34. The van der Waals surface area contributed by atoms with E-state index in [9.17, 15) is 4.79 Å². The van der Waals surface area contributed by atoms with E-state index in [2.05, 4.69) is 82.2 Å². The molecule has 8 heteroatoms. The van der Waals surface area contributed by atoms with Gasteiger partial charge in [0.15, 0.2) is 0 Å². The van der Waals surface area contributed by atoms with Crippen LogP contribution in [-0.4, -0.2) is 90.2 Å².